The predicted octanol–water partition coefficient (Wildman–Crippen LogP) is 3.30. The molecular weight excluding hydrogens is 224 g/mol. The first kappa shape index (κ1) is 15.7. The molecule has 3 N–H and O–H groups in total. The van der Waals surface area contributed by atoms with E-state index >= 15 is 0 Å². The lowest BCUT2D eigenvalue weighted by Gasteiger charge is -2.29. The van der Waals surface area contributed by atoms with Gasteiger partial charge in [0, 0.05) is 6.61 Å². The summed E-state index contributed by atoms with van der Waals surface area (Å²) >= 11 is 0. The van der Waals surface area contributed by atoms with E-state index in [-0.39, 0.29) is 12.1 Å². The molecule has 1 aliphatic rings. The molecule has 3 nitrogen and oxygen atoms in total. The Hall–Kier alpha value is -0.380. The van der Waals surface area contributed by atoms with Crippen LogP contribution in [0.3, 0.4) is 0 Å². The largest absolute Gasteiger partial charge is 0.376 e. The maximum atomic E-state index is 5.88. The molecule has 0 spiro atoms. The Bertz CT molecular complexity index is 235. The summed E-state index contributed by atoms with van der Waals surface area (Å²) in [6.07, 6.45) is 12.5. The molecule has 0 aromatic carbocycles. The third-order valence-electron chi connectivity index (χ3n) is 3.73. The molecule has 106 valence electrons. The Morgan fingerprint density at radius 3 is 2.72 bits per heavy atom. The number of allylic oxidation sites excluding steroid dienone is 1. The second-order valence-corrected chi connectivity index (χ2v) is 5.16. The molecule has 3 heteroatoms. The van der Waals surface area contributed by atoms with Crippen molar-refractivity contribution in [2.45, 2.75) is 77.4 Å². The molecule has 0 radical (unpaired) electrons. The molecule has 0 amide bonds. The van der Waals surface area contributed by atoms with E-state index in [9.17, 15) is 0 Å². The van der Waals surface area contributed by atoms with Gasteiger partial charge in [-0.2, -0.15) is 0 Å². The van der Waals surface area contributed by atoms with Gasteiger partial charge in [0.2, 0.25) is 0 Å². The zero-order chi connectivity index (χ0) is 13.2. The molecule has 0 saturated carbocycles. The Morgan fingerprint density at radius 2 is 2.06 bits per heavy atom. The van der Waals surface area contributed by atoms with E-state index in [4.69, 9.17) is 10.6 Å². The van der Waals surface area contributed by atoms with Gasteiger partial charge in [0.15, 0.2) is 0 Å². The summed E-state index contributed by atoms with van der Waals surface area (Å²) in [6.45, 7) is 5.02. The second-order valence-electron chi connectivity index (χ2n) is 5.16. The topological polar surface area (TPSA) is 47.3 Å². The quantitative estimate of drug-likeness (QED) is 0.416. The molecule has 0 heterocycles. The minimum absolute atomic E-state index is 0.197. The first-order valence-electron chi connectivity index (χ1n) is 7.60. The summed E-state index contributed by atoms with van der Waals surface area (Å²) in [5.41, 5.74) is 4.46. The molecule has 0 aliphatic heterocycles. The number of nitrogens with two attached hydrogens (primary N) is 1. The van der Waals surface area contributed by atoms with Crippen LogP contribution in [0.1, 0.15) is 65.2 Å². The van der Waals surface area contributed by atoms with E-state index in [2.05, 4.69) is 25.3 Å². The van der Waals surface area contributed by atoms with Gasteiger partial charge in [0.25, 0.3) is 0 Å². The third kappa shape index (κ3) is 5.09. The van der Waals surface area contributed by atoms with E-state index < -0.39 is 0 Å². The highest BCUT2D eigenvalue weighted by molar-refractivity contribution is 5.13. The van der Waals surface area contributed by atoms with Crippen LogP contribution in [0, 0.1) is 0 Å². The lowest BCUT2D eigenvalue weighted by molar-refractivity contribution is 0.0359. The fourth-order valence-electron chi connectivity index (χ4n) is 2.80. The van der Waals surface area contributed by atoms with Crippen LogP contribution in [0.25, 0.3) is 0 Å². The lowest BCUT2D eigenvalue weighted by atomic mass is 9.91. The van der Waals surface area contributed by atoms with E-state index in [1.165, 1.54) is 44.1 Å². The number of ether oxygens (including phenoxy) is 1. The molecule has 1 aliphatic carbocycles. The highest BCUT2D eigenvalue weighted by Crippen LogP contribution is 2.23. The van der Waals surface area contributed by atoms with E-state index in [0.29, 0.717) is 0 Å². The summed E-state index contributed by atoms with van der Waals surface area (Å²) in [7, 11) is 0. The first-order valence-corrected chi connectivity index (χ1v) is 7.60. The summed E-state index contributed by atoms with van der Waals surface area (Å²) in [4.78, 5) is 0. The van der Waals surface area contributed by atoms with Crippen LogP contribution in [0.2, 0.25) is 0 Å². The van der Waals surface area contributed by atoms with Gasteiger partial charge < -0.3 is 4.74 Å². The van der Waals surface area contributed by atoms with Gasteiger partial charge >= 0.3 is 0 Å². The molecular formula is C15H30N2O. The van der Waals surface area contributed by atoms with E-state index in [0.717, 1.165) is 19.4 Å². The highest BCUT2D eigenvalue weighted by atomic mass is 16.5. The SMILES string of the molecule is CCCC(OCC)C(NN)C1=CCCCCCC1. The Morgan fingerprint density at radius 1 is 1.28 bits per heavy atom. The molecule has 0 fully saturated rings. The van der Waals surface area contributed by atoms with Crippen molar-refractivity contribution < 1.29 is 4.74 Å². The number of hydrogen-bond acceptors (Lipinski definition) is 3. The van der Waals surface area contributed by atoms with Crippen LogP contribution in [0.15, 0.2) is 11.6 Å². The lowest BCUT2D eigenvalue weighted by Crippen LogP contribution is -2.46. The molecule has 18 heavy (non-hydrogen) atoms. The average molecular weight is 254 g/mol. The van der Waals surface area contributed by atoms with E-state index in [1.54, 1.807) is 0 Å². The van der Waals surface area contributed by atoms with Gasteiger partial charge in [0.05, 0.1) is 12.1 Å². The van der Waals surface area contributed by atoms with Crippen LogP contribution in [-0.2, 0) is 4.74 Å². The Labute approximate surface area is 112 Å². The van der Waals surface area contributed by atoms with Crippen molar-refractivity contribution in [3.8, 4) is 0 Å². The number of nitrogens with one attached hydrogen (secondary N) is 1. The van der Waals surface area contributed by atoms with Gasteiger partial charge in [-0.15, -0.1) is 0 Å². The molecule has 0 aromatic rings. The van der Waals surface area contributed by atoms with Crippen molar-refractivity contribution in [1.29, 1.82) is 0 Å². The van der Waals surface area contributed by atoms with Crippen molar-refractivity contribution in [2.75, 3.05) is 6.61 Å². The maximum Gasteiger partial charge on any atom is 0.0779 e. The fourth-order valence-corrected chi connectivity index (χ4v) is 2.80. The molecule has 0 bridgehead atoms. The number of hydrazine groups is 1. The van der Waals surface area contributed by atoms with Crippen LogP contribution in [0.4, 0.5) is 0 Å². The number of hydrogen-bond donors (Lipinski definition) is 2. The summed E-state index contributed by atoms with van der Waals surface area (Å²) in [5, 5.41) is 0. The van der Waals surface area contributed by atoms with Crippen LogP contribution >= 0.6 is 0 Å². The van der Waals surface area contributed by atoms with Crippen molar-refractivity contribution in [3.05, 3.63) is 11.6 Å². The van der Waals surface area contributed by atoms with Crippen LogP contribution in [0.5, 0.6) is 0 Å². The fraction of sp³-hybridized carbons (Fsp3) is 0.867. The van der Waals surface area contributed by atoms with Crippen molar-refractivity contribution in [2.24, 2.45) is 5.84 Å². The van der Waals surface area contributed by atoms with Gasteiger partial charge in [-0.05, 0) is 39.0 Å². The minimum Gasteiger partial charge on any atom is -0.376 e. The average Bonchev–Trinajstić information content (AvgIpc) is 2.32. The molecule has 2 atom stereocenters. The minimum atomic E-state index is 0.197. The van der Waals surface area contributed by atoms with Gasteiger partial charge in [-0.1, -0.05) is 37.8 Å². The second kappa shape index (κ2) is 9.54. The normalized spacial score (nSPS) is 20.7. The van der Waals surface area contributed by atoms with Crippen LogP contribution < -0.4 is 11.3 Å². The number of rotatable bonds is 7. The van der Waals surface area contributed by atoms with Gasteiger partial charge in [0.1, 0.15) is 0 Å². The maximum absolute atomic E-state index is 5.88. The standard InChI is InChI=1S/C15H30N2O/c1-3-10-14(18-4-2)15(17-16)13-11-8-6-5-7-9-12-13/h11,14-15,17H,3-10,12,16H2,1-2H3. The van der Waals surface area contributed by atoms with Crippen molar-refractivity contribution in [3.63, 3.8) is 0 Å². The van der Waals surface area contributed by atoms with Crippen molar-refractivity contribution in [1.82, 2.24) is 5.43 Å². The van der Waals surface area contributed by atoms with Gasteiger partial charge in [-0.25, -0.2) is 0 Å². The summed E-state index contributed by atoms with van der Waals surface area (Å²) in [6, 6.07) is 0.197. The van der Waals surface area contributed by atoms with Crippen LogP contribution in [-0.4, -0.2) is 18.8 Å². The predicted molar refractivity (Wildman–Crippen MR) is 77.2 cm³/mol. The molecule has 1 rings (SSSR count). The Balaban J connectivity index is 2.70. The van der Waals surface area contributed by atoms with Crippen molar-refractivity contribution >= 4 is 0 Å². The summed E-state index contributed by atoms with van der Waals surface area (Å²) < 4.78 is 5.88. The molecule has 2 unspecified atom stereocenters. The van der Waals surface area contributed by atoms with E-state index in [1.807, 2.05) is 0 Å². The molecule has 0 aromatic heterocycles. The highest BCUT2D eigenvalue weighted by Gasteiger charge is 2.23. The smallest absolute Gasteiger partial charge is 0.0779 e. The zero-order valence-electron chi connectivity index (χ0n) is 12.1. The molecule has 0 saturated heterocycles. The zero-order valence-corrected chi connectivity index (χ0v) is 12.1. The Kier molecular flexibility index (Phi) is 8.31. The summed E-state index contributed by atoms with van der Waals surface area (Å²) in [5.74, 6) is 5.78. The first-order chi connectivity index (χ1) is 8.83. The monoisotopic (exact) mass is 254 g/mol. The third-order valence-corrected chi connectivity index (χ3v) is 3.73. The van der Waals surface area contributed by atoms with Gasteiger partial charge in [-0.3, -0.25) is 11.3 Å².